The number of ether oxygens (including phenoxy) is 3. The molecule has 0 fully saturated rings. The molecule has 4 heteroatoms. The molecule has 0 aliphatic rings. The first-order valence-electron chi connectivity index (χ1n) is 5.90. The Bertz CT molecular complexity index is 743. The fourth-order valence-electron chi connectivity index (χ4n) is 2.32. The van der Waals surface area contributed by atoms with Crippen molar-refractivity contribution in [3.63, 3.8) is 0 Å². The van der Waals surface area contributed by atoms with Gasteiger partial charge in [0.15, 0.2) is 11.3 Å². The van der Waals surface area contributed by atoms with E-state index in [-0.39, 0.29) is 0 Å². The average molecular weight is 258 g/mol. The van der Waals surface area contributed by atoms with Crippen LogP contribution in [-0.4, -0.2) is 21.3 Å². The van der Waals surface area contributed by atoms with Crippen LogP contribution in [0.5, 0.6) is 17.2 Å². The van der Waals surface area contributed by atoms with Gasteiger partial charge < -0.3 is 18.6 Å². The molecule has 0 saturated carbocycles. The second-order valence-electron chi connectivity index (χ2n) is 4.12. The van der Waals surface area contributed by atoms with Crippen molar-refractivity contribution in [3.8, 4) is 17.2 Å². The van der Waals surface area contributed by atoms with Crippen molar-refractivity contribution in [3.05, 3.63) is 30.3 Å². The van der Waals surface area contributed by atoms with Crippen molar-refractivity contribution in [1.82, 2.24) is 0 Å². The standard InChI is InChI=1S/C15H14O4/c1-16-11-8-12(17-2)14(18-3)15-13(11)9-6-4-5-7-10(9)19-15/h4-8H,1-3H3. The average Bonchev–Trinajstić information content (AvgIpc) is 2.84. The highest BCUT2D eigenvalue weighted by atomic mass is 16.5. The highest BCUT2D eigenvalue weighted by molar-refractivity contribution is 6.11. The smallest absolute Gasteiger partial charge is 0.204 e. The Hall–Kier alpha value is -2.36. The maximum Gasteiger partial charge on any atom is 0.204 e. The molecule has 3 aromatic rings. The Labute approximate surface area is 110 Å². The molecular weight excluding hydrogens is 244 g/mol. The summed E-state index contributed by atoms with van der Waals surface area (Å²) in [5.74, 6) is 1.87. The Morgan fingerprint density at radius 2 is 1.63 bits per heavy atom. The molecule has 0 radical (unpaired) electrons. The minimum atomic E-state index is 0.578. The summed E-state index contributed by atoms with van der Waals surface area (Å²) in [5, 5.41) is 1.89. The molecule has 0 bridgehead atoms. The zero-order valence-electron chi connectivity index (χ0n) is 11.0. The van der Waals surface area contributed by atoms with Gasteiger partial charge in [0.05, 0.1) is 26.7 Å². The van der Waals surface area contributed by atoms with Crippen LogP contribution in [0.15, 0.2) is 34.7 Å². The molecule has 0 spiro atoms. The lowest BCUT2D eigenvalue weighted by atomic mass is 10.1. The van der Waals surface area contributed by atoms with Crippen molar-refractivity contribution < 1.29 is 18.6 Å². The molecule has 0 atom stereocenters. The van der Waals surface area contributed by atoms with Crippen LogP contribution < -0.4 is 14.2 Å². The maximum atomic E-state index is 5.87. The lowest BCUT2D eigenvalue weighted by Gasteiger charge is -2.10. The summed E-state index contributed by atoms with van der Waals surface area (Å²) in [6.45, 7) is 0. The number of benzene rings is 2. The van der Waals surface area contributed by atoms with Gasteiger partial charge in [-0.15, -0.1) is 0 Å². The van der Waals surface area contributed by atoms with Crippen LogP contribution in [0.25, 0.3) is 21.9 Å². The van der Waals surface area contributed by atoms with Gasteiger partial charge in [-0.3, -0.25) is 0 Å². The van der Waals surface area contributed by atoms with E-state index in [1.54, 1.807) is 21.3 Å². The Morgan fingerprint density at radius 1 is 0.895 bits per heavy atom. The summed E-state index contributed by atoms with van der Waals surface area (Å²) in [5.41, 5.74) is 1.43. The van der Waals surface area contributed by atoms with Crippen LogP contribution >= 0.6 is 0 Å². The molecule has 0 aliphatic heterocycles. The lowest BCUT2D eigenvalue weighted by Crippen LogP contribution is -1.93. The molecule has 0 unspecified atom stereocenters. The number of rotatable bonds is 3. The van der Waals surface area contributed by atoms with Crippen molar-refractivity contribution in [2.24, 2.45) is 0 Å². The van der Waals surface area contributed by atoms with E-state index < -0.39 is 0 Å². The van der Waals surface area contributed by atoms with Gasteiger partial charge in [-0.1, -0.05) is 18.2 Å². The van der Waals surface area contributed by atoms with Crippen molar-refractivity contribution in [1.29, 1.82) is 0 Å². The van der Waals surface area contributed by atoms with E-state index >= 15 is 0 Å². The molecule has 98 valence electrons. The normalized spacial score (nSPS) is 10.9. The van der Waals surface area contributed by atoms with Crippen LogP contribution in [0, 0.1) is 0 Å². The van der Waals surface area contributed by atoms with E-state index in [0.29, 0.717) is 22.8 Å². The van der Waals surface area contributed by atoms with Gasteiger partial charge in [-0.25, -0.2) is 0 Å². The Morgan fingerprint density at radius 3 is 2.32 bits per heavy atom. The van der Waals surface area contributed by atoms with Crippen LogP contribution in [0.1, 0.15) is 0 Å². The number of hydrogen-bond acceptors (Lipinski definition) is 4. The first-order valence-corrected chi connectivity index (χ1v) is 5.90. The molecule has 1 aromatic heterocycles. The Balaban J connectivity index is 2.52. The van der Waals surface area contributed by atoms with Crippen LogP contribution in [0.3, 0.4) is 0 Å². The Kier molecular flexibility index (Phi) is 2.71. The first-order chi connectivity index (χ1) is 9.30. The molecule has 3 rings (SSSR count). The fourth-order valence-corrected chi connectivity index (χ4v) is 2.32. The molecular formula is C15H14O4. The predicted octanol–water partition coefficient (Wildman–Crippen LogP) is 3.61. The van der Waals surface area contributed by atoms with E-state index in [1.165, 1.54) is 0 Å². The quantitative estimate of drug-likeness (QED) is 0.719. The van der Waals surface area contributed by atoms with Gasteiger partial charge in [0.1, 0.15) is 11.3 Å². The monoisotopic (exact) mass is 258 g/mol. The van der Waals surface area contributed by atoms with E-state index in [0.717, 1.165) is 16.4 Å². The zero-order chi connectivity index (χ0) is 13.4. The third kappa shape index (κ3) is 1.60. The van der Waals surface area contributed by atoms with E-state index in [1.807, 2.05) is 30.3 Å². The number of fused-ring (bicyclic) bond motifs is 3. The fraction of sp³-hybridized carbons (Fsp3) is 0.200. The van der Waals surface area contributed by atoms with Crippen LogP contribution in [0.2, 0.25) is 0 Å². The van der Waals surface area contributed by atoms with Crippen LogP contribution in [-0.2, 0) is 0 Å². The molecule has 0 saturated heterocycles. The third-order valence-electron chi connectivity index (χ3n) is 3.18. The number of para-hydroxylation sites is 1. The maximum absolute atomic E-state index is 5.87. The van der Waals surface area contributed by atoms with E-state index in [4.69, 9.17) is 18.6 Å². The molecule has 0 N–H and O–H groups in total. The number of hydrogen-bond donors (Lipinski definition) is 0. The molecule has 0 aliphatic carbocycles. The minimum Gasteiger partial charge on any atom is -0.496 e. The minimum absolute atomic E-state index is 0.578. The summed E-state index contributed by atoms with van der Waals surface area (Å²) in [4.78, 5) is 0. The first kappa shape index (κ1) is 11.7. The largest absolute Gasteiger partial charge is 0.496 e. The summed E-state index contributed by atoms with van der Waals surface area (Å²) in [7, 11) is 4.81. The number of methoxy groups -OCH3 is 3. The third-order valence-corrected chi connectivity index (χ3v) is 3.18. The van der Waals surface area contributed by atoms with Crippen molar-refractivity contribution in [2.45, 2.75) is 0 Å². The van der Waals surface area contributed by atoms with Crippen molar-refractivity contribution >= 4 is 21.9 Å². The van der Waals surface area contributed by atoms with Gasteiger partial charge in [0, 0.05) is 11.5 Å². The number of furan rings is 1. The summed E-state index contributed by atoms with van der Waals surface area (Å²) in [6.07, 6.45) is 0. The SMILES string of the molecule is COc1cc(OC)c2c(oc3ccccc32)c1OC. The summed E-state index contributed by atoms with van der Waals surface area (Å²) < 4.78 is 22.0. The van der Waals surface area contributed by atoms with E-state index in [2.05, 4.69) is 0 Å². The van der Waals surface area contributed by atoms with Gasteiger partial charge in [0.2, 0.25) is 5.75 Å². The van der Waals surface area contributed by atoms with Crippen molar-refractivity contribution in [2.75, 3.05) is 21.3 Å². The van der Waals surface area contributed by atoms with Gasteiger partial charge in [0.25, 0.3) is 0 Å². The summed E-state index contributed by atoms with van der Waals surface area (Å²) >= 11 is 0. The van der Waals surface area contributed by atoms with E-state index in [9.17, 15) is 0 Å². The van der Waals surface area contributed by atoms with Gasteiger partial charge >= 0.3 is 0 Å². The highest BCUT2D eigenvalue weighted by Gasteiger charge is 2.20. The summed E-state index contributed by atoms with van der Waals surface area (Å²) in [6, 6.07) is 9.62. The molecule has 19 heavy (non-hydrogen) atoms. The second-order valence-corrected chi connectivity index (χ2v) is 4.12. The molecule has 4 nitrogen and oxygen atoms in total. The zero-order valence-corrected chi connectivity index (χ0v) is 11.0. The predicted molar refractivity (Wildman–Crippen MR) is 73.4 cm³/mol. The molecule has 1 heterocycles. The van der Waals surface area contributed by atoms with Crippen LogP contribution in [0.4, 0.5) is 0 Å². The van der Waals surface area contributed by atoms with Gasteiger partial charge in [-0.2, -0.15) is 0 Å². The highest BCUT2D eigenvalue weighted by Crippen LogP contribution is 2.45. The topological polar surface area (TPSA) is 40.8 Å². The lowest BCUT2D eigenvalue weighted by molar-refractivity contribution is 0.349. The molecule has 0 amide bonds. The molecule has 2 aromatic carbocycles. The van der Waals surface area contributed by atoms with Gasteiger partial charge in [-0.05, 0) is 6.07 Å². The second kappa shape index (κ2) is 4.39.